The summed E-state index contributed by atoms with van der Waals surface area (Å²) in [5.74, 6) is 1.93. The number of nitrogens with one attached hydrogen (secondary N) is 2. The summed E-state index contributed by atoms with van der Waals surface area (Å²) in [7, 11) is 0. The van der Waals surface area contributed by atoms with E-state index in [1.54, 1.807) is 13.3 Å². The van der Waals surface area contributed by atoms with Crippen molar-refractivity contribution in [3.63, 3.8) is 0 Å². The number of hydrogen-bond acceptors (Lipinski definition) is 8. The highest BCUT2D eigenvalue weighted by atomic mass is 16.3. The molecule has 9 nitrogen and oxygen atoms in total. The minimum Gasteiger partial charge on any atom is -0.389 e. The van der Waals surface area contributed by atoms with Crippen LogP contribution in [0.1, 0.15) is 37.1 Å². The Morgan fingerprint density at radius 3 is 2.73 bits per heavy atom. The maximum absolute atomic E-state index is 10.2. The smallest absolute Gasteiger partial charge is 0.153 e. The van der Waals surface area contributed by atoms with E-state index >= 15 is 0 Å². The Bertz CT molecular complexity index is 1350. The van der Waals surface area contributed by atoms with Crippen LogP contribution in [0.4, 0.5) is 17.3 Å². The van der Waals surface area contributed by atoms with Crippen molar-refractivity contribution in [2.45, 2.75) is 32.8 Å². The molecule has 33 heavy (non-hydrogen) atoms. The van der Waals surface area contributed by atoms with Gasteiger partial charge in [0.1, 0.15) is 18.0 Å². The lowest BCUT2D eigenvalue weighted by atomic mass is 10.1. The van der Waals surface area contributed by atoms with Crippen LogP contribution in [0, 0.1) is 23.7 Å². The zero-order chi connectivity index (χ0) is 23.0. The van der Waals surface area contributed by atoms with Gasteiger partial charge in [-0.2, -0.15) is 10.4 Å². The van der Waals surface area contributed by atoms with Crippen LogP contribution >= 0.6 is 0 Å². The Kier molecular flexibility index (Phi) is 5.15. The van der Waals surface area contributed by atoms with Crippen molar-refractivity contribution in [2.75, 3.05) is 17.2 Å². The summed E-state index contributed by atoms with van der Waals surface area (Å²) >= 11 is 0. The molecular weight excluding hydrogens is 416 g/mol. The summed E-state index contributed by atoms with van der Waals surface area (Å²) in [5, 5.41) is 34.3. The van der Waals surface area contributed by atoms with E-state index in [1.807, 2.05) is 54.0 Å². The number of imidazole rings is 1. The van der Waals surface area contributed by atoms with E-state index < -0.39 is 6.10 Å². The maximum atomic E-state index is 10.2. The number of nitriles is 1. The number of aliphatic hydroxyl groups excluding tert-OH is 1. The lowest BCUT2D eigenvalue weighted by Crippen LogP contribution is -2.16. The van der Waals surface area contributed by atoms with Gasteiger partial charge in [-0.3, -0.25) is 4.57 Å². The molecule has 1 aliphatic rings. The van der Waals surface area contributed by atoms with Crippen molar-refractivity contribution < 1.29 is 5.11 Å². The zero-order valence-corrected chi connectivity index (χ0v) is 18.4. The molecule has 1 atom stereocenters. The van der Waals surface area contributed by atoms with Crippen LogP contribution in [-0.4, -0.2) is 36.4 Å². The largest absolute Gasteiger partial charge is 0.389 e. The number of anilines is 3. The van der Waals surface area contributed by atoms with Crippen LogP contribution in [0.3, 0.4) is 0 Å². The summed E-state index contributed by atoms with van der Waals surface area (Å²) in [6, 6.07) is 15.8. The molecule has 166 valence electrons. The van der Waals surface area contributed by atoms with Gasteiger partial charge in [-0.25, -0.2) is 9.97 Å². The van der Waals surface area contributed by atoms with Gasteiger partial charge in [-0.05, 0) is 69.2 Å². The Labute approximate surface area is 191 Å². The van der Waals surface area contributed by atoms with Crippen LogP contribution in [0.25, 0.3) is 16.9 Å². The Morgan fingerprint density at radius 1 is 1.18 bits per heavy atom. The number of fused-ring (bicyclic) bond motifs is 1. The average molecular weight is 441 g/mol. The van der Waals surface area contributed by atoms with Crippen LogP contribution in [-0.2, 0) is 0 Å². The zero-order valence-electron chi connectivity index (χ0n) is 18.4. The number of rotatable bonds is 7. The van der Waals surface area contributed by atoms with Crippen LogP contribution in [0.15, 0.2) is 48.8 Å². The summed E-state index contributed by atoms with van der Waals surface area (Å²) in [6.45, 7) is 4.12. The van der Waals surface area contributed by atoms with Gasteiger partial charge in [0.25, 0.3) is 0 Å². The predicted molar refractivity (Wildman–Crippen MR) is 125 cm³/mol. The van der Waals surface area contributed by atoms with Crippen LogP contribution in [0.5, 0.6) is 0 Å². The molecule has 3 aromatic heterocycles. The number of aromatic nitrogens is 5. The fourth-order valence-corrected chi connectivity index (χ4v) is 3.69. The van der Waals surface area contributed by atoms with Crippen molar-refractivity contribution in [2.24, 2.45) is 5.41 Å². The van der Waals surface area contributed by atoms with Crippen molar-refractivity contribution in [3.05, 3.63) is 60.0 Å². The molecule has 1 saturated carbocycles. The molecule has 0 saturated heterocycles. The van der Waals surface area contributed by atoms with Gasteiger partial charge in [0.05, 0.1) is 34.3 Å². The first-order valence-corrected chi connectivity index (χ1v) is 10.9. The quantitative estimate of drug-likeness (QED) is 0.393. The molecular formula is C24H24N8O. The summed E-state index contributed by atoms with van der Waals surface area (Å²) in [4.78, 5) is 9.30. The molecule has 1 unspecified atom stereocenters. The van der Waals surface area contributed by atoms with Crippen molar-refractivity contribution in [1.29, 1.82) is 5.26 Å². The minimum atomic E-state index is -0.677. The highest BCUT2D eigenvalue weighted by Crippen LogP contribution is 2.45. The summed E-state index contributed by atoms with van der Waals surface area (Å²) in [5.41, 5.74) is 3.80. The van der Waals surface area contributed by atoms with Crippen molar-refractivity contribution in [3.8, 4) is 11.9 Å². The molecule has 3 heterocycles. The van der Waals surface area contributed by atoms with Gasteiger partial charge in [0, 0.05) is 17.8 Å². The highest BCUT2D eigenvalue weighted by Gasteiger charge is 2.43. The van der Waals surface area contributed by atoms with Crippen molar-refractivity contribution >= 4 is 28.4 Å². The number of hydrogen-bond donors (Lipinski definition) is 3. The van der Waals surface area contributed by atoms with Gasteiger partial charge in [-0.1, -0.05) is 0 Å². The Hall–Kier alpha value is -4.03. The molecule has 3 N–H and O–H groups in total. The number of aliphatic hydroxyl groups is 1. The van der Waals surface area contributed by atoms with Gasteiger partial charge in [0.15, 0.2) is 5.82 Å². The van der Waals surface area contributed by atoms with Gasteiger partial charge in [-0.15, -0.1) is 5.10 Å². The number of benzene rings is 1. The second kappa shape index (κ2) is 8.15. The number of nitrogens with zero attached hydrogens (tertiary/aromatic N) is 6. The van der Waals surface area contributed by atoms with Crippen LogP contribution < -0.4 is 10.6 Å². The second-order valence-electron chi connectivity index (χ2n) is 8.53. The monoisotopic (exact) mass is 440 g/mol. The standard InChI is InChI=1S/C24H24N8O/c1-15-3-7-21(31-30-15)28-17-4-6-20-19(11-17)27-14-32(20)22-8-5-18(16(2)33)23(29-22)26-13-24(12-25)9-10-24/h3-8,11,14,16,33H,9-10,13H2,1-2H3,(H,26,29)(H,28,31). The molecule has 0 aliphatic heterocycles. The lowest BCUT2D eigenvalue weighted by molar-refractivity contribution is 0.199. The van der Waals surface area contributed by atoms with E-state index in [9.17, 15) is 10.4 Å². The van der Waals surface area contributed by atoms with E-state index in [0.717, 1.165) is 35.3 Å². The normalized spacial score (nSPS) is 15.1. The first-order valence-electron chi connectivity index (χ1n) is 10.9. The fourth-order valence-electron chi connectivity index (χ4n) is 3.69. The molecule has 0 spiro atoms. The first kappa shape index (κ1) is 20.8. The predicted octanol–water partition coefficient (Wildman–Crippen LogP) is 4.03. The maximum Gasteiger partial charge on any atom is 0.153 e. The molecule has 5 rings (SSSR count). The topological polar surface area (TPSA) is 125 Å². The van der Waals surface area contributed by atoms with Gasteiger partial charge >= 0.3 is 0 Å². The molecule has 0 amide bonds. The SMILES string of the molecule is Cc1ccc(Nc2ccc3c(c2)ncn3-c2ccc(C(C)O)c(NCC3(C#N)CC3)n2)nn1. The third-order valence-electron chi connectivity index (χ3n) is 5.91. The molecule has 1 aromatic carbocycles. The number of aryl methyl sites for hydroxylation is 1. The van der Waals surface area contributed by atoms with Gasteiger partial charge in [0.2, 0.25) is 0 Å². The number of pyridine rings is 1. The Morgan fingerprint density at radius 2 is 2.03 bits per heavy atom. The van der Waals surface area contributed by atoms with E-state index in [0.29, 0.717) is 29.6 Å². The van der Waals surface area contributed by atoms with E-state index in [-0.39, 0.29) is 5.41 Å². The fraction of sp³-hybridized carbons (Fsp3) is 0.292. The van der Waals surface area contributed by atoms with E-state index in [4.69, 9.17) is 4.98 Å². The van der Waals surface area contributed by atoms with Crippen LogP contribution in [0.2, 0.25) is 0 Å². The van der Waals surface area contributed by atoms with E-state index in [1.165, 1.54) is 0 Å². The third kappa shape index (κ3) is 4.21. The second-order valence-corrected chi connectivity index (χ2v) is 8.53. The van der Waals surface area contributed by atoms with E-state index in [2.05, 4.69) is 31.9 Å². The lowest BCUT2D eigenvalue weighted by Gasteiger charge is -2.16. The minimum absolute atomic E-state index is 0.319. The average Bonchev–Trinajstić information content (AvgIpc) is 3.49. The summed E-state index contributed by atoms with van der Waals surface area (Å²) < 4.78 is 1.90. The molecule has 0 bridgehead atoms. The Balaban J connectivity index is 1.44. The highest BCUT2D eigenvalue weighted by molar-refractivity contribution is 5.82. The van der Waals surface area contributed by atoms with Crippen molar-refractivity contribution in [1.82, 2.24) is 24.7 Å². The van der Waals surface area contributed by atoms with Gasteiger partial charge < -0.3 is 15.7 Å². The molecule has 9 heteroatoms. The molecule has 4 aromatic rings. The molecule has 0 radical (unpaired) electrons. The molecule has 1 aliphatic carbocycles. The summed E-state index contributed by atoms with van der Waals surface area (Å²) in [6.07, 6.45) is 2.82. The third-order valence-corrected chi connectivity index (χ3v) is 5.91. The molecule has 1 fully saturated rings. The first-order chi connectivity index (χ1) is 16.0.